The Morgan fingerprint density at radius 1 is 1.23 bits per heavy atom. The van der Waals surface area contributed by atoms with Crippen molar-refractivity contribution in [2.24, 2.45) is 0 Å². The molecule has 8 nitrogen and oxygen atoms in total. The van der Waals surface area contributed by atoms with Crippen molar-refractivity contribution in [2.75, 3.05) is 12.4 Å². The Kier molecular flexibility index (Phi) is 5.72. The molecule has 0 aliphatic carbocycles. The number of H-pyrrole nitrogens is 1. The van der Waals surface area contributed by atoms with Crippen molar-refractivity contribution >= 4 is 22.4 Å². The summed E-state index contributed by atoms with van der Waals surface area (Å²) in [4.78, 5) is 27.1. The van der Waals surface area contributed by atoms with Crippen LogP contribution in [0, 0.1) is 0 Å². The largest absolute Gasteiger partial charge is 0.483 e. The molecular formula is C17H16N4O4S. The molecule has 0 unspecified atom stereocenters. The molecule has 0 spiro atoms. The van der Waals surface area contributed by atoms with Gasteiger partial charge >= 0.3 is 0 Å². The zero-order valence-corrected chi connectivity index (χ0v) is 14.7. The Balaban J connectivity index is 1.64. The minimum Gasteiger partial charge on any atom is -0.483 e. The van der Waals surface area contributed by atoms with E-state index in [1.165, 1.54) is 23.6 Å². The SMILES string of the molecule is COCc1nnc(NC(=O)c2cc(=O)c(OCc3ccccc3)c[nH]2)s1. The lowest BCUT2D eigenvalue weighted by molar-refractivity contribution is 0.102. The predicted molar refractivity (Wildman–Crippen MR) is 96.4 cm³/mol. The monoisotopic (exact) mass is 372 g/mol. The number of carbonyl (C=O) groups is 1. The third-order valence-corrected chi connectivity index (χ3v) is 4.13. The molecule has 134 valence electrons. The standard InChI is InChI=1S/C17H16N4O4S/c1-24-10-15-20-21-17(26-15)19-16(23)12-7-13(22)14(8-18-12)25-9-11-5-3-2-4-6-11/h2-8H,9-10H2,1H3,(H,18,22)(H,19,21,23). The van der Waals surface area contributed by atoms with Crippen molar-refractivity contribution in [3.05, 3.63) is 69.1 Å². The first-order valence-electron chi connectivity index (χ1n) is 7.68. The number of benzene rings is 1. The van der Waals surface area contributed by atoms with Crippen molar-refractivity contribution in [1.29, 1.82) is 0 Å². The van der Waals surface area contributed by atoms with Crippen molar-refractivity contribution in [3.63, 3.8) is 0 Å². The second kappa shape index (κ2) is 8.37. The van der Waals surface area contributed by atoms with Crippen molar-refractivity contribution in [1.82, 2.24) is 15.2 Å². The molecule has 3 rings (SSSR count). The number of aromatic amines is 1. The molecule has 0 atom stereocenters. The highest BCUT2D eigenvalue weighted by Crippen LogP contribution is 2.16. The number of hydrogen-bond donors (Lipinski definition) is 2. The van der Waals surface area contributed by atoms with Gasteiger partial charge in [0.15, 0.2) is 5.75 Å². The second-order valence-corrected chi connectivity index (χ2v) is 6.30. The van der Waals surface area contributed by atoms with Crippen LogP contribution in [-0.4, -0.2) is 28.2 Å². The first kappa shape index (κ1) is 17.8. The molecule has 2 N–H and O–H groups in total. The summed E-state index contributed by atoms with van der Waals surface area (Å²) in [5.74, 6) is -0.347. The van der Waals surface area contributed by atoms with Crippen LogP contribution in [0.1, 0.15) is 21.1 Å². The zero-order valence-electron chi connectivity index (χ0n) is 13.9. The minimum absolute atomic E-state index is 0.102. The maximum absolute atomic E-state index is 12.2. The summed E-state index contributed by atoms with van der Waals surface area (Å²) in [6.07, 6.45) is 1.37. The van der Waals surface area contributed by atoms with Crippen LogP contribution in [0.2, 0.25) is 0 Å². The number of ether oxygens (including phenoxy) is 2. The van der Waals surface area contributed by atoms with Gasteiger partial charge in [-0.2, -0.15) is 0 Å². The van der Waals surface area contributed by atoms with Crippen LogP contribution in [0.15, 0.2) is 47.4 Å². The highest BCUT2D eigenvalue weighted by atomic mass is 32.1. The van der Waals surface area contributed by atoms with E-state index in [-0.39, 0.29) is 23.5 Å². The maximum Gasteiger partial charge on any atom is 0.274 e. The van der Waals surface area contributed by atoms with Gasteiger partial charge in [-0.05, 0) is 5.56 Å². The van der Waals surface area contributed by atoms with E-state index >= 15 is 0 Å². The van der Waals surface area contributed by atoms with E-state index in [1.54, 1.807) is 7.11 Å². The molecular weight excluding hydrogens is 356 g/mol. The molecule has 0 bridgehead atoms. The van der Waals surface area contributed by atoms with E-state index < -0.39 is 5.91 Å². The van der Waals surface area contributed by atoms with Crippen molar-refractivity contribution in [2.45, 2.75) is 13.2 Å². The molecule has 0 saturated heterocycles. The van der Waals surface area contributed by atoms with E-state index in [2.05, 4.69) is 20.5 Å². The number of anilines is 1. The number of hydrogen-bond acceptors (Lipinski definition) is 7. The number of rotatable bonds is 7. The Morgan fingerprint density at radius 2 is 2.04 bits per heavy atom. The summed E-state index contributed by atoms with van der Waals surface area (Å²) in [5.41, 5.74) is 0.657. The Bertz CT molecular complexity index is 939. The maximum atomic E-state index is 12.2. The smallest absolute Gasteiger partial charge is 0.274 e. The first-order chi connectivity index (χ1) is 12.7. The third kappa shape index (κ3) is 4.52. The van der Waals surface area contributed by atoms with Crippen LogP contribution in [0.5, 0.6) is 5.75 Å². The predicted octanol–water partition coefficient (Wildman–Crippen LogP) is 2.20. The molecule has 2 heterocycles. The molecule has 3 aromatic rings. The topological polar surface area (TPSA) is 106 Å². The Labute approximate surface area is 152 Å². The highest BCUT2D eigenvalue weighted by molar-refractivity contribution is 7.15. The van der Waals surface area contributed by atoms with E-state index in [4.69, 9.17) is 9.47 Å². The first-order valence-corrected chi connectivity index (χ1v) is 8.49. The van der Waals surface area contributed by atoms with E-state index in [9.17, 15) is 9.59 Å². The van der Waals surface area contributed by atoms with E-state index in [0.29, 0.717) is 16.7 Å². The molecule has 1 aromatic carbocycles. The van der Waals surface area contributed by atoms with Crippen LogP contribution in [-0.2, 0) is 18.0 Å². The summed E-state index contributed by atoms with van der Waals surface area (Å²) in [6.45, 7) is 0.584. The lowest BCUT2D eigenvalue weighted by Crippen LogP contribution is -2.17. The minimum atomic E-state index is -0.489. The highest BCUT2D eigenvalue weighted by Gasteiger charge is 2.13. The summed E-state index contributed by atoms with van der Waals surface area (Å²) >= 11 is 1.20. The Morgan fingerprint density at radius 3 is 2.77 bits per heavy atom. The third-order valence-electron chi connectivity index (χ3n) is 3.31. The molecule has 1 amide bonds. The molecule has 0 radical (unpaired) electrons. The lowest BCUT2D eigenvalue weighted by Gasteiger charge is -2.06. The average molecular weight is 372 g/mol. The molecule has 0 aliphatic rings. The normalized spacial score (nSPS) is 10.5. The Hall–Kier alpha value is -3.04. The molecule has 0 saturated carbocycles. The van der Waals surface area contributed by atoms with Gasteiger partial charge in [-0.15, -0.1) is 10.2 Å². The van der Waals surface area contributed by atoms with E-state index in [0.717, 1.165) is 5.56 Å². The van der Waals surface area contributed by atoms with Gasteiger partial charge in [-0.25, -0.2) is 0 Å². The summed E-state index contributed by atoms with van der Waals surface area (Å²) in [6, 6.07) is 10.7. The molecule has 0 fully saturated rings. The fraction of sp³-hybridized carbons (Fsp3) is 0.176. The number of carbonyl (C=O) groups excluding carboxylic acids is 1. The van der Waals surface area contributed by atoms with Crippen LogP contribution >= 0.6 is 11.3 Å². The zero-order chi connectivity index (χ0) is 18.4. The second-order valence-electron chi connectivity index (χ2n) is 5.24. The summed E-state index contributed by atoms with van der Waals surface area (Å²) in [5, 5.41) is 11.3. The fourth-order valence-electron chi connectivity index (χ4n) is 2.09. The lowest BCUT2D eigenvalue weighted by atomic mass is 10.2. The number of nitrogens with zero attached hydrogens (tertiary/aromatic N) is 2. The van der Waals surface area contributed by atoms with Gasteiger partial charge in [0.2, 0.25) is 10.6 Å². The van der Waals surface area contributed by atoms with Crippen molar-refractivity contribution in [3.8, 4) is 5.75 Å². The number of aromatic nitrogens is 3. The van der Waals surface area contributed by atoms with Crippen LogP contribution in [0.3, 0.4) is 0 Å². The van der Waals surface area contributed by atoms with E-state index in [1.807, 2.05) is 30.3 Å². The van der Waals surface area contributed by atoms with Gasteiger partial charge in [0.1, 0.15) is 23.9 Å². The van der Waals surface area contributed by atoms with Gasteiger partial charge in [-0.3, -0.25) is 14.9 Å². The molecule has 0 aliphatic heterocycles. The van der Waals surface area contributed by atoms with Gasteiger partial charge in [0.05, 0.1) is 0 Å². The number of methoxy groups -OCH3 is 1. The number of pyridine rings is 1. The summed E-state index contributed by atoms with van der Waals surface area (Å²) in [7, 11) is 1.55. The molecule has 2 aromatic heterocycles. The van der Waals surface area contributed by atoms with Crippen LogP contribution in [0.25, 0.3) is 0 Å². The van der Waals surface area contributed by atoms with Crippen LogP contribution < -0.4 is 15.5 Å². The van der Waals surface area contributed by atoms with Gasteiger partial charge in [0.25, 0.3) is 5.91 Å². The molecule has 9 heteroatoms. The fourth-order valence-corrected chi connectivity index (χ4v) is 2.79. The molecule has 26 heavy (non-hydrogen) atoms. The average Bonchev–Trinajstić information content (AvgIpc) is 3.09. The number of amides is 1. The number of nitrogens with one attached hydrogen (secondary N) is 2. The summed E-state index contributed by atoms with van der Waals surface area (Å²) < 4.78 is 10.4. The van der Waals surface area contributed by atoms with Crippen LogP contribution in [0.4, 0.5) is 5.13 Å². The quantitative estimate of drug-likeness (QED) is 0.659. The van der Waals surface area contributed by atoms with Gasteiger partial charge < -0.3 is 14.5 Å². The van der Waals surface area contributed by atoms with Crippen molar-refractivity contribution < 1.29 is 14.3 Å². The van der Waals surface area contributed by atoms with Gasteiger partial charge in [0, 0.05) is 19.4 Å². The van der Waals surface area contributed by atoms with Gasteiger partial charge in [-0.1, -0.05) is 41.7 Å².